The van der Waals surface area contributed by atoms with Crippen LogP contribution in [0.25, 0.3) is 0 Å². The summed E-state index contributed by atoms with van der Waals surface area (Å²) < 4.78 is 5.73. The molecule has 0 bridgehead atoms. The van der Waals surface area contributed by atoms with E-state index < -0.39 is 0 Å². The van der Waals surface area contributed by atoms with E-state index in [-0.39, 0.29) is 17.6 Å². The minimum Gasteiger partial charge on any atom is -0.462 e. The van der Waals surface area contributed by atoms with Gasteiger partial charge in [0.15, 0.2) is 0 Å². The van der Waals surface area contributed by atoms with Crippen molar-refractivity contribution in [1.29, 1.82) is 0 Å². The van der Waals surface area contributed by atoms with Crippen molar-refractivity contribution in [3.05, 3.63) is 35.9 Å². The largest absolute Gasteiger partial charge is 0.462 e. The van der Waals surface area contributed by atoms with Crippen LogP contribution in [-0.4, -0.2) is 36.1 Å². The number of rotatable bonds is 3. The number of nitrogens with zero attached hydrogens (tertiary/aromatic N) is 1. The molecular weight excluding hydrogens is 250 g/mol. The zero-order valence-corrected chi connectivity index (χ0v) is 12.9. The minimum atomic E-state index is -0.117. The first kappa shape index (κ1) is 15.0. The number of hydrogen-bond acceptors (Lipinski definition) is 3. The Labute approximate surface area is 121 Å². The quantitative estimate of drug-likeness (QED) is 0.794. The third-order valence-corrected chi connectivity index (χ3v) is 4.88. The molecule has 0 amide bonds. The fourth-order valence-corrected chi connectivity index (χ4v) is 2.80. The van der Waals surface area contributed by atoms with Crippen molar-refractivity contribution in [3.63, 3.8) is 0 Å². The molecule has 2 atom stereocenters. The fourth-order valence-electron chi connectivity index (χ4n) is 2.80. The highest BCUT2D eigenvalue weighted by atomic mass is 16.5. The van der Waals surface area contributed by atoms with E-state index in [2.05, 4.69) is 32.7 Å². The van der Waals surface area contributed by atoms with Gasteiger partial charge in [-0.2, -0.15) is 0 Å². The Morgan fingerprint density at radius 1 is 1.35 bits per heavy atom. The summed E-state index contributed by atoms with van der Waals surface area (Å²) in [7, 11) is 2.14. The summed E-state index contributed by atoms with van der Waals surface area (Å²) in [5.41, 5.74) is 1.08. The summed E-state index contributed by atoms with van der Waals surface area (Å²) in [6.07, 6.45) is 1.31. The number of likely N-dealkylation sites (tertiary alicyclic amines) is 1. The van der Waals surface area contributed by atoms with Gasteiger partial charge in [0.05, 0.1) is 6.42 Å². The van der Waals surface area contributed by atoms with Gasteiger partial charge in [-0.25, -0.2) is 0 Å². The molecule has 0 aromatic heterocycles. The second kappa shape index (κ2) is 5.96. The lowest BCUT2D eigenvalue weighted by Crippen LogP contribution is -2.56. The Bertz CT molecular complexity index is 455. The number of carbonyl (C=O) groups is 1. The summed E-state index contributed by atoms with van der Waals surface area (Å²) in [5.74, 6) is 0.217. The summed E-state index contributed by atoms with van der Waals surface area (Å²) >= 11 is 0. The number of piperidine rings is 1. The molecule has 1 aromatic carbocycles. The predicted octanol–water partition coefficient (Wildman–Crippen LogP) is 2.89. The molecule has 1 saturated heterocycles. The van der Waals surface area contributed by atoms with Crippen LogP contribution in [0.2, 0.25) is 0 Å². The molecule has 1 aliphatic heterocycles. The smallest absolute Gasteiger partial charge is 0.310 e. The first-order chi connectivity index (χ1) is 9.41. The van der Waals surface area contributed by atoms with E-state index in [4.69, 9.17) is 4.74 Å². The maximum atomic E-state index is 12.1. The van der Waals surface area contributed by atoms with E-state index in [1.807, 2.05) is 30.3 Å². The van der Waals surface area contributed by atoms with Gasteiger partial charge in [-0.3, -0.25) is 4.79 Å². The molecule has 0 spiro atoms. The number of esters is 1. The number of carbonyl (C=O) groups excluding carboxylic acids is 1. The molecule has 1 aromatic rings. The molecule has 3 nitrogen and oxygen atoms in total. The van der Waals surface area contributed by atoms with E-state index in [0.717, 1.165) is 18.5 Å². The lowest BCUT2D eigenvalue weighted by molar-refractivity contribution is -0.158. The molecule has 0 radical (unpaired) electrons. The van der Waals surface area contributed by atoms with Crippen molar-refractivity contribution in [1.82, 2.24) is 4.90 Å². The topological polar surface area (TPSA) is 29.5 Å². The van der Waals surface area contributed by atoms with Crippen LogP contribution in [0.1, 0.15) is 32.8 Å². The van der Waals surface area contributed by atoms with Crippen LogP contribution in [-0.2, 0) is 16.0 Å². The predicted molar refractivity (Wildman–Crippen MR) is 80.5 cm³/mol. The minimum absolute atomic E-state index is 0.0254. The molecule has 0 aliphatic carbocycles. The van der Waals surface area contributed by atoms with Gasteiger partial charge in [0.25, 0.3) is 0 Å². The fraction of sp³-hybridized carbons (Fsp3) is 0.588. The monoisotopic (exact) mass is 275 g/mol. The summed E-state index contributed by atoms with van der Waals surface area (Å²) in [5, 5.41) is 0. The van der Waals surface area contributed by atoms with Crippen molar-refractivity contribution < 1.29 is 9.53 Å². The molecule has 1 heterocycles. The molecule has 110 valence electrons. The van der Waals surface area contributed by atoms with Gasteiger partial charge in [0, 0.05) is 18.0 Å². The SMILES string of the molecule is CC1C(OC(=O)Cc2ccccc2)CCN(C)C1(C)C. The zero-order chi connectivity index (χ0) is 14.8. The van der Waals surface area contributed by atoms with Gasteiger partial charge in [0.1, 0.15) is 6.10 Å². The van der Waals surface area contributed by atoms with E-state index in [1.165, 1.54) is 0 Å². The summed E-state index contributed by atoms with van der Waals surface area (Å²) in [6, 6.07) is 9.77. The van der Waals surface area contributed by atoms with E-state index >= 15 is 0 Å². The van der Waals surface area contributed by atoms with Crippen molar-refractivity contribution in [3.8, 4) is 0 Å². The van der Waals surface area contributed by atoms with Crippen LogP contribution in [0.3, 0.4) is 0 Å². The number of benzene rings is 1. The third-order valence-electron chi connectivity index (χ3n) is 4.88. The summed E-state index contributed by atoms with van der Waals surface area (Å²) in [6.45, 7) is 7.58. The van der Waals surface area contributed by atoms with Crippen LogP contribution in [0.15, 0.2) is 30.3 Å². The maximum Gasteiger partial charge on any atom is 0.310 e. The van der Waals surface area contributed by atoms with Gasteiger partial charge < -0.3 is 9.64 Å². The Balaban J connectivity index is 1.95. The van der Waals surface area contributed by atoms with Gasteiger partial charge in [-0.1, -0.05) is 37.3 Å². The van der Waals surface area contributed by atoms with Crippen molar-refractivity contribution in [2.75, 3.05) is 13.6 Å². The highest BCUT2D eigenvalue weighted by Gasteiger charge is 2.41. The average molecular weight is 275 g/mol. The van der Waals surface area contributed by atoms with E-state index in [9.17, 15) is 4.79 Å². The van der Waals surface area contributed by atoms with Crippen molar-refractivity contribution in [2.45, 2.75) is 45.3 Å². The highest BCUT2D eigenvalue weighted by molar-refractivity contribution is 5.72. The normalized spacial score (nSPS) is 26.2. The maximum absolute atomic E-state index is 12.1. The Morgan fingerprint density at radius 2 is 2.00 bits per heavy atom. The molecule has 0 N–H and O–H groups in total. The second-order valence-corrected chi connectivity index (χ2v) is 6.34. The van der Waals surface area contributed by atoms with Gasteiger partial charge in [0.2, 0.25) is 0 Å². The molecule has 2 unspecified atom stereocenters. The second-order valence-electron chi connectivity index (χ2n) is 6.34. The average Bonchev–Trinajstić information content (AvgIpc) is 2.41. The van der Waals surface area contributed by atoms with Crippen LogP contribution in [0.5, 0.6) is 0 Å². The van der Waals surface area contributed by atoms with Gasteiger partial charge in [-0.05, 0) is 32.9 Å². The number of ether oxygens (including phenoxy) is 1. The van der Waals surface area contributed by atoms with Crippen LogP contribution < -0.4 is 0 Å². The molecule has 0 saturated carbocycles. The van der Waals surface area contributed by atoms with E-state index in [0.29, 0.717) is 12.3 Å². The molecular formula is C17H25NO2. The standard InChI is InChI=1S/C17H25NO2/c1-13-15(10-11-18(4)17(13,2)3)20-16(19)12-14-8-6-5-7-9-14/h5-9,13,15H,10-12H2,1-4H3. The first-order valence-electron chi connectivity index (χ1n) is 7.36. The van der Waals surface area contributed by atoms with Crippen LogP contribution >= 0.6 is 0 Å². The van der Waals surface area contributed by atoms with E-state index in [1.54, 1.807) is 0 Å². The molecule has 3 heteroatoms. The highest BCUT2D eigenvalue weighted by Crippen LogP contribution is 2.33. The lowest BCUT2D eigenvalue weighted by atomic mass is 9.79. The molecule has 2 rings (SSSR count). The van der Waals surface area contributed by atoms with Crippen LogP contribution in [0.4, 0.5) is 0 Å². The molecule has 1 aliphatic rings. The van der Waals surface area contributed by atoms with Crippen molar-refractivity contribution in [2.24, 2.45) is 5.92 Å². The summed E-state index contributed by atoms with van der Waals surface area (Å²) in [4.78, 5) is 14.4. The Hall–Kier alpha value is -1.35. The first-order valence-corrected chi connectivity index (χ1v) is 7.36. The molecule has 20 heavy (non-hydrogen) atoms. The Morgan fingerprint density at radius 3 is 2.65 bits per heavy atom. The van der Waals surface area contributed by atoms with Gasteiger partial charge in [-0.15, -0.1) is 0 Å². The lowest BCUT2D eigenvalue weighted by Gasteiger charge is -2.48. The van der Waals surface area contributed by atoms with Crippen molar-refractivity contribution >= 4 is 5.97 Å². The zero-order valence-electron chi connectivity index (χ0n) is 12.9. The Kier molecular flexibility index (Phi) is 4.48. The molecule has 1 fully saturated rings. The number of hydrogen-bond donors (Lipinski definition) is 0. The van der Waals surface area contributed by atoms with Crippen LogP contribution in [0, 0.1) is 5.92 Å². The van der Waals surface area contributed by atoms with Gasteiger partial charge >= 0.3 is 5.97 Å². The third kappa shape index (κ3) is 3.21.